The monoisotopic (exact) mass is 584 g/mol. The quantitative estimate of drug-likeness (QED) is 0.126. The van der Waals surface area contributed by atoms with E-state index >= 15 is 0 Å². The van der Waals surface area contributed by atoms with Gasteiger partial charge >= 0.3 is 5.97 Å². The zero-order chi connectivity index (χ0) is 29.8. The molecule has 6 atom stereocenters. The summed E-state index contributed by atoms with van der Waals surface area (Å²) in [6, 6.07) is 9.21. The normalized spacial score (nSPS) is 31.2. The summed E-state index contributed by atoms with van der Waals surface area (Å²) >= 11 is 0. The van der Waals surface area contributed by atoms with Crippen molar-refractivity contribution in [3.8, 4) is 5.75 Å². The summed E-state index contributed by atoms with van der Waals surface area (Å²) in [5.41, 5.74) is 2.01. The number of esters is 1. The van der Waals surface area contributed by atoms with E-state index in [1.807, 2.05) is 24.3 Å². The summed E-state index contributed by atoms with van der Waals surface area (Å²) in [7, 11) is 1.35. The van der Waals surface area contributed by atoms with Crippen LogP contribution in [-0.4, -0.2) is 61.5 Å². The third-order valence-electron chi connectivity index (χ3n) is 8.29. The molecule has 0 radical (unpaired) electrons. The Bertz CT molecular complexity index is 1030. The van der Waals surface area contributed by atoms with Gasteiger partial charge in [-0.25, -0.2) is 4.79 Å². The summed E-state index contributed by atoms with van der Waals surface area (Å²) in [6.07, 6.45) is 14.3. The fourth-order valence-electron chi connectivity index (χ4n) is 6.03. The summed E-state index contributed by atoms with van der Waals surface area (Å²) in [5.74, 6) is -1.29. The highest BCUT2D eigenvalue weighted by Crippen LogP contribution is 2.49. The number of rotatable bonds is 13. The molecule has 0 amide bonds. The van der Waals surface area contributed by atoms with Crippen molar-refractivity contribution in [3.05, 3.63) is 60.4 Å². The van der Waals surface area contributed by atoms with Crippen LogP contribution < -0.4 is 4.74 Å². The van der Waals surface area contributed by atoms with Crippen LogP contribution >= 0.6 is 0 Å². The molecule has 4 rings (SSSR count). The molecule has 8 nitrogen and oxygen atoms in total. The molecule has 2 aliphatic heterocycles. The van der Waals surface area contributed by atoms with Crippen molar-refractivity contribution < 1.29 is 38.3 Å². The zero-order valence-electron chi connectivity index (χ0n) is 25.4. The van der Waals surface area contributed by atoms with E-state index in [1.54, 1.807) is 25.1 Å². The molecule has 0 aromatic heterocycles. The summed E-state index contributed by atoms with van der Waals surface area (Å²) in [4.78, 5) is 12.6. The predicted molar refractivity (Wildman–Crippen MR) is 158 cm³/mol. The van der Waals surface area contributed by atoms with E-state index in [0.717, 1.165) is 44.9 Å². The van der Waals surface area contributed by atoms with Crippen LogP contribution in [0.2, 0.25) is 0 Å². The number of ether oxygens (including phenoxy) is 6. The first-order chi connectivity index (χ1) is 20.4. The van der Waals surface area contributed by atoms with E-state index < -0.39 is 23.5 Å². The molecule has 3 fully saturated rings. The lowest BCUT2D eigenvalue weighted by molar-refractivity contribution is -0.370. The van der Waals surface area contributed by atoms with Crippen molar-refractivity contribution in [2.24, 2.45) is 11.8 Å². The second kappa shape index (κ2) is 15.9. The first kappa shape index (κ1) is 32.5. The van der Waals surface area contributed by atoms with Crippen LogP contribution in [0.3, 0.4) is 0 Å². The molecule has 3 unspecified atom stereocenters. The van der Waals surface area contributed by atoms with Crippen LogP contribution in [0, 0.1) is 11.8 Å². The number of carbonyl (C=O) groups is 1. The molecule has 1 aliphatic carbocycles. The molecule has 3 aliphatic rings. The third-order valence-corrected chi connectivity index (χ3v) is 8.29. The maximum Gasteiger partial charge on any atom is 0.350 e. The minimum atomic E-state index is -1.20. The van der Waals surface area contributed by atoms with Crippen molar-refractivity contribution in [2.75, 3.05) is 20.3 Å². The number of methoxy groups -OCH3 is 1. The van der Waals surface area contributed by atoms with Gasteiger partial charge in [-0.15, -0.1) is 5.73 Å². The Balaban J connectivity index is 1.51. The fraction of sp³-hybridized carbons (Fsp3) is 0.647. The molecule has 0 bridgehead atoms. The van der Waals surface area contributed by atoms with E-state index in [2.05, 4.69) is 24.8 Å². The van der Waals surface area contributed by atoms with Gasteiger partial charge in [0.2, 0.25) is 5.60 Å². The minimum Gasteiger partial charge on any atom is -0.476 e. The van der Waals surface area contributed by atoms with Gasteiger partial charge in [-0.05, 0) is 82.6 Å². The molecule has 42 heavy (non-hydrogen) atoms. The third kappa shape index (κ3) is 8.56. The highest BCUT2D eigenvalue weighted by Gasteiger charge is 2.56. The van der Waals surface area contributed by atoms with Gasteiger partial charge in [0.05, 0.1) is 13.2 Å². The Morgan fingerprint density at radius 2 is 1.74 bits per heavy atom. The number of allylic oxidation sites excluding steroid dienone is 1. The SMILES string of the molecule is CC/C=C/[C@@H]1[C@@H](CC=C=CCC(C)(Oc2ccccc2)C(=O)OC)[C@@H](O)CC1([16O]C1CCCCO1)[16O]C1CCCCO1. The van der Waals surface area contributed by atoms with Gasteiger partial charge in [-0.3, -0.25) is 0 Å². The van der Waals surface area contributed by atoms with Crippen molar-refractivity contribution in [1.29, 1.82) is 0 Å². The number of hydrogen-bond donors (Lipinski definition) is 1. The zero-order valence-corrected chi connectivity index (χ0v) is 25.4. The maximum absolute atomic E-state index is 12.6. The predicted octanol–water partition coefficient (Wildman–Crippen LogP) is 6.23. The molecular formula is C34H48O8. The Hall–Kier alpha value is -2.45. The second-order valence-corrected chi connectivity index (χ2v) is 11.6. The van der Waals surface area contributed by atoms with Gasteiger partial charge in [-0.1, -0.05) is 37.3 Å². The number of aliphatic hydroxyl groups excluding tert-OH is 1. The lowest BCUT2D eigenvalue weighted by Crippen LogP contribution is -2.48. The molecule has 232 valence electrons. The van der Waals surface area contributed by atoms with Crippen LogP contribution in [0.5, 0.6) is 5.75 Å². The Morgan fingerprint density at radius 1 is 1.07 bits per heavy atom. The first-order valence-corrected chi connectivity index (χ1v) is 15.5. The van der Waals surface area contributed by atoms with E-state index in [9.17, 15) is 9.90 Å². The smallest absolute Gasteiger partial charge is 0.350 e. The largest absolute Gasteiger partial charge is 0.476 e. The molecular weight excluding hydrogens is 536 g/mol. The topological polar surface area (TPSA) is 92.7 Å². The molecule has 1 aromatic rings. The summed E-state index contributed by atoms with van der Waals surface area (Å²) < 4.78 is 36.3. The lowest BCUT2D eigenvalue weighted by Gasteiger charge is -2.41. The number of aliphatic hydroxyl groups is 1. The van der Waals surface area contributed by atoms with Crippen LogP contribution in [-0.2, 0) is 28.5 Å². The molecule has 1 aromatic carbocycles. The average molecular weight is 585 g/mol. The number of carbonyl (C=O) groups excluding carboxylic acids is 1. The molecule has 1 N–H and O–H groups in total. The van der Waals surface area contributed by atoms with Gasteiger partial charge in [0.25, 0.3) is 0 Å². The number of hydrogen-bond acceptors (Lipinski definition) is 8. The van der Waals surface area contributed by atoms with Crippen LogP contribution in [0.4, 0.5) is 0 Å². The van der Waals surface area contributed by atoms with Crippen LogP contribution in [0.1, 0.15) is 78.1 Å². The van der Waals surface area contributed by atoms with Crippen molar-refractivity contribution in [3.63, 3.8) is 0 Å². The molecule has 2 heterocycles. The fourth-order valence-corrected chi connectivity index (χ4v) is 6.03. The molecule has 8 heteroatoms. The van der Waals surface area contributed by atoms with E-state index in [1.165, 1.54) is 7.11 Å². The second-order valence-electron chi connectivity index (χ2n) is 11.6. The van der Waals surface area contributed by atoms with E-state index in [-0.39, 0.29) is 30.8 Å². The van der Waals surface area contributed by atoms with E-state index in [4.69, 9.17) is 28.4 Å². The minimum absolute atomic E-state index is 0.159. The highest BCUT2D eigenvalue weighted by atomic mass is 16.8. The Morgan fingerprint density at radius 3 is 2.31 bits per heavy atom. The average Bonchev–Trinajstić information content (AvgIpc) is 3.25. The van der Waals surface area contributed by atoms with Crippen molar-refractivity contribution >= 4 is 5.97 Å². The van der Waals surface area contributed by atoms with Gasteiger partial charge in [0.1, 0.15) is 5.75 Å². The standard InChI is InChI=1S/C34H48O8/c1-4-5-19-28-27(18-10-7-13-22-33(2,32(36)37-3)40-26-16-8-6-9-17-26)29(35)25-34(28,41-30-20-11-14-23-38-30)42-31-21-12-15-24-39-31/h5-6,8-10,13,16-17,19,27-31,35H,4,11-12,14-15,18,20-25H2,1-3H3/b19-5+/t7?,27-,28-,29+,30?,31?,33?,34?/m1/s1/i41+0,42+0. The van der Waals surface area contributed by atoms with Crippen LogP contribution in [0.15, 0.2) is 60.4 Å². The van der Waals surface area contributed by atoms with Crippen molar-refractivity contribution in [1.82, 2.24) is 0 Å². The lowest BCUT2D eigenvalue weighted by atomic mass is 9.88. The molecule has 0 spiro atoms. The Labute approximate surface area is 250 Å². The molecule has 2 saturated heterocycles. The highest BCUT2D eigenvalue weighted by molar-refractivity contribution is 5.79. The van der Waals surface area contributed by atoms with Gasteiger partial charge < -0.3 is 33.5 Å². The van der Waals surface area contributed by atoms with Gasteiger partial charge in [0, 0.05) is 37.9 Å². The van der Waals surface area contributed by atoms with Gasteiger partial charge in [0.15, 0.2) is 18.4 Å². The van der Waals surface area contributed by atoms with Crippen LogP contribution in [0.25, 0.3) is 0 Å². The Kier molecular flexibility index (Phi) is 12.3. The molecule has 1 saturated carbocycles. The number of para-hydroxylation sites is 1. The van der Waals surface area contributed by atoms with Crippen molar-refractivity contribution in [2.45, 2.75) is 108 Å². The van der Waals surface area contributed by atoms with Gasteiger partial charge in [-0.2, -0.15) is 0 Å². The van der Waals surface area contributed by atoms with E-state index in [0.29, 0.717) is 31.8 Å². The first-order valence-electron chi connectivity index (χ1n) is 15.5. The maximum atomic E-state index is 12.6. The summed E-state index contributed by atoms with van der Waals surface area (Å²) in [5, 5.41) is 11.4. The number of benzene rings is 1. The summed E-state index contributed by atoms with van der Waals surface area (Å²) in [6.45, 7) is 5.12.